The highest BCUT2D eigenvalue weighted by Crippen LogP contribution is 2.17. The Kier molecular flexibility index (Phi) is 3.70. The van der Waals surface area contributed by atoms with Crippen molar-refractivity contribution < 1.29 is 4.74 Å². The van der Waals surface area contributed by atoms with Crippen molar-refractivity contribution >= 4 is 10.9 Å². The van der Waals surface area contributed by atoms with Gasteiger partial charge < -0.3 is 15.0 Å². The summed E-state index contributed by atoms with van der Waals surface area (Å²) >= 11 is 0. The van der Waals surface area contributed by atoms with E-state index in [1.807, 2.05) is 18.3 Å². The summed E-state index contributed by atoms with van der Waals surface area (Å²) in [5, 5.41) is 4.76. The molecule has 3 heteroatoms. The van der Waals surface area contributed by atoms with E-state index >= 15 is 0 Å². The molecule has 0 unspecified atom stereocenters. The number of H-pyrrole nitrogens is 1. The summed E-state index contributed by atoms with van der Waals surface area (Å²) in [5.74, 6) is 0.900. The molecule has 3 rings (SSSR count). The summed E-state index contributed by atoms with van der Waals surface area (Å²) in [6, 6.07) is 16.6. The van der Waals surface area contributed by atoms with Gasteiger partial charge in [0.15, 0.2) is 0 Å². The van der Waals surface area contributed by atoms with Crippen molar-refractivity contribution in [3.63, 3.8) is 0 Å². The molecule has 0 bridgehead atoms. The van der Waals surface area contributed by atoms with E-state index in [4.69, 9.17) is 4.74 Å². The fourth-order valence-corrected chi connectivity index (χ4v) is 2.43. The molecular formula is C17H18N2O. The summed E-state index contributed by atoms with van der Waals surface area (Å²) < 4.78 is 5.23. The molecule has 20 heavy (non-hydrogen) atoms. The second-order valence-corrected chi connectivity index (χ2v) is 4.81. The second-order valence-electron chi connectivity index (χ2n) is 4.81. The summed E-state index contributed by atoms with van der Waals surface area (Å²) in [6.45, 7) is 1.68. The average molecular weight is 266 g/mol. The molecule has 1 heterocycles. The molecule has 0 atom stereocenters. The van der Waals surface area contributed by atoms with E-state index in [0.29, 0.717) is 0 Å². The molecule has 0 aliphatic heterocycles. The predicted molar refractivity (Wildman–Crippen MR) is 81.8 cm³/mol. The Balaban J connectivity index is 1.66. The molecular weight excluding hydrogens is 248 g/mol. The molecule has 0 aliphatic carbocycles. The van der Waals surface area contributed by atoms with Gasteiger partial charge in [0.2, 0.25) is 0 Å². The molecule has 0 spiro atoms. The van der Waals surface area contributed by atoms with Crippen LogP contribution < -0.4 is 10.1 Å². The minimum atomic E-state index is 0.831. The number of aromatic amines is 1. The highest BCUT2D eigenvalue weighted by atomic mass is 16.5. The number of nitrogens with one attached hydrogen (secondary N) is 2. The standard InChI is InChI=1S/C17H18N2O/c1-20-15-6-2-4-13(10-15)11-18-12-14-5-3-7-17-16(14)8-9-19-17/h2-10,18-19H,11-12H2,1H3. The first-order chi connectivity index (χ1) is 9.86. The molecule has 2 aromatic carbocycles. The van der Waals surface area contributed by atoms with Gasteiger partial charge in [0, 0.05) is 30.2 Å². The molecule has 3 aromatic rings. The Labute approximate surface area is 118 Å². The van der Waals surface area contributed by atoms with E-state index < -0.39 is 0 Å². The SMILES string of the molecule is COc1cccc(CNCc2cccc3[nH]ccc23)c1. The zero-order chi connectivity index (χ0) is 13.8. The number of rotatable bonds is 5. The van der Waals surface area contributed by atoms with Gasteiger partial charge in [0.25, 0.3) is 0 Å². The predicted octanol–water partition coefficient (Wildman–Crippen LogP) is 3.47. The molecule has 2 N–H and O–H groups in total. The minimum Gasteiger partial charge on any atom is -0.497 e. The van der Waals surface area contributed by atoms with Crippen LogP contribution in [0.5, 0.6) is 5.75 Å². The van der Waals surface area contributed by atoms with Crippen molar-refractivity contribution in [2.75, 3.05) is 7.11 Å². The quantitative estimate of drug-likeness (QED) is 0.742. The topological polar surface area (TPSA) is 37.0 Å². The average Bonchev–Trinajstić information content (AvgIpc) is 2.97. The van der Waals surface area contributed by atoms with Crippen molar-refractivity contribution in [3.05, 3.63) is 65.9 Å². The zero-order valence-corrected chi connectivity index (χ0v) is 11.5. The first-order valence-corrected chi connectivity index (χ1v) is 6.75. The van der Waals surface area contributed by atoms with Crippen LogP contribution in [-0.2, 0) is 13.1 Å². The van der Waals surface area contributed by atoms with Gasteiger partial charge in [0.1, 0.15) is 5.75 Å². The van der Waals surface area contributed by atoms with Crippen LogP contribution in [0.3, 0.4) is 0 Å². The third-order valence-corrected chi connectivity index (χ3v) is 3.46. The smallest absolute Gasteiger partial charge is 0.119 e. The molecule has 0 radical (unpaired) electrons. The number of hydrogen-bond donors (Lipinski definition) is 2. The van der Waals surface area contributed by atoms with Gasteiger partial charge in [-0.1, -0.05) is 24.3 Å². The van der Waals surface area contributed by atoms with Crippen molar-refractivity contribution in [3.8, 4) is 5.75 Å². The van der Waals surface area contributed by atoms with Crippen molar-refractivity contribution in [1.29, 1.82) is 0 Å². The number of fused-ring (bicyclic) bond motifs is 1. The van der Waals surface area contributed by atoms with Crippen LogP contribution in [0.4, 0.5) is 0 Å². The van der Waals surface area contributed by atoms with Gasteiger partial charge in [-0.15, -0.1) is 0 Å². The van der Waals surface area contributed by atoms with Gasteiger partial charge in [-0.2, -0.15) is 0 Å². The van der Waals surface area contributed by atoms with E-state index in [1.54, 1.807) is 7.11 Å². The van der Waals surface area contributed by atoms with Gasteiger partial charge in [-0.05, 0) is 35.4 Å². The summed E-state index contributed by atoms with van der Waals surface area (Å²) in [4.78, 5) is 3.24. The maximum atomic E-state index is 5.23. The third kappa shape index (κ3) is 2.68. The Bertz CT molecular complexity index is 703. The Morgan fingerprint density at radius 2 is 1.95 bits per heavy atom. The summed E-state index contributed by atoms with van der Waals surface area (Å²) in [5.41, 5.74) is 3.72. The largest absolute Gasteiger partial charge is 0.497 e. The van der Waals surface area contributed by atoms with Crippen LogP contribution in [0.2, 0.25) is 0 Å². The van der Waals surface area contributed by atoms with E-state index in [9.17, 15) is 0 Å². The van der Waals surface area contributed by atoms with E-state index in [-0.39, 0.29) is 0 Å². The van der Waals surface area contributed by atoms with Crippen molar-refractivity contribution in [1.82, 2.24) is 10.3 Å². The van der Waals surface area contributed by atoms with Crippen LogP contribution in [-0.4, -0.2) is 12.1 Å². The van der Waals surface area contributed by atoms with E-state index in [1.165, 1.54) is 22.0 Å². The van der Waals surface area contributed by atoms with E-state index in [2.05, 4.69) is 46.7 Å². The summed E-state index contributed by atoms with van der Waals surface area (Å²) in [7, 11) is 1.69. The Morgan fingerprint density at radius 3 is 2.85 bits per heavy atom. The van der Waals surface area contributed by atoms with Crippen LogP contribution in [0.1, 0.15) is 11.1 Å². The second kappa shape index (κ2) is 5.80. The van der Waals surface area contributed by atoms with Gasteiger partial charge in [-0.25, -0.2) is 0 Å². The molecule has 0 amide bonds. The first-order valence-electron chi connectivity index (χ1n) is 6.75. The van der Waals surface area contributed by atoms with Crippen molar-refractivity contribution in [2.24, 2.45) is 0 Å². The summed E-state index contributed by atoms with van der Waals surface area (Å²) in [6.07, 6.45) is 1.98. The molecule has 0 saturated carbocycles. The maximum Gasteiger partial charge on any atom is 0.119 e. The van der Waals surface area contributed by atoms with Crippen LogP contribution in [0, 0.1) is 0 Å². The Morgan fingerprint density at radius 1 is 1.05 bits per heavy atom. The number of ether oxygens (including phenoxy) is 1. The van der Waals surface area contributed by atoms with Crippen LogP contribution >= 0.6 is 0 Å². The van der Waals surface area contributed by atoms with E-state index in [0.717, 1.165) is 18.8 Å². The highest BCUT2D eigenvalue weighted by molar-refractivity contribution is 5.82. The molecule has 0 saturated heterocycles. The monoisotopic (exact) mass is 266 g/mol. The van der Waals surface area contributed by atoms with Gasteiger partial charge in [0.05, 0.1) is 7.11 Å². The minimum absolute atomic E-state index is 0.831. The molecule has 0 aliphatic rings. The molecule has 1 aromatic heterocycles. The molecule has 0 fully saturated rings. The Hall–Kier alpha value is -2.26. The fraction of sp³-hybridized carbons (Fsp3) is 0.176. The number of benzene rings is 2. The van der Waals surface area contributed by atoms with Gasteiger partial charge >= 0.3 is 0 Å². The van der Waals surface area contributed by atoms with Gasteiger partial charge in [-0.3, -0.25) is 0 Å². The normalized spacial score (nSPS) is 10.8. The number of aromatic nitrogens is 1. The highest BCUT2D eigenvalue weighted by Gasteiger charge is 2.01. The number of methoxy groups -OCH3 is 1. The first kappa shape index (κ1) is 12.8. The van der Waals surface area contributed by atoms with Crippen molar-refractivity contribution in [2.45, 2.75) is 13.1 Å². The molecule has 3 nitrogen and oxygen atoms in total. The lowest BCUT2D eigenvalue weighted by atomic mass is 10.1. The lowest BCUT2D eigenvalue weighted by Crippen LogP contribution is -2.12. The fourth-order valence-electron chi connectivity index (χ4n) is 2.43. The molecule has 102 valence electrons. The lowest BCUT2D eigenvalue weighted by molar-refractivity contribution is 0.414. The maximum absolute atomic E-state index is 5.23. The van der Waals surface area contributed by atoms with Crippen LogP contribution in [0.25, 0.3) is 10.9 Å². The van der Waals surface area contributed by atoms with Crippen LogP contribution in [0.15, 0.2) is 54.7 Å². The third-order valence-electron chi connectivity index (χ3n) is 3.46. The zero-order valence-electron chi connectivity index (χ0n) is 11.5. The lowest BCUT2D eigenvalue weighted by Gasteiger charge is -2.08. The number of hydrogen-bond acceptors (Lipinski definition) is 2.